The van der Waals surface area contributed by atoms with Gasteiger partial charge in [-0.05, 0) is 26.0 Å². The average Bonchev–Trinajstić information content (AvgIpc) is 2.61. The summed E-state index contributed by atoms with van der Waals surface area (Å²) in [6.07, 6.45) is 0. The van der Waals surface area contributed by atoms with E-state index in [1.54, 1.807) is 31.2 Å². The van der Waals surface area contributed by atoms with Crippen LogP contribution in [0.25, 0.3) is 0 Å². The van der Waals surface area contributed by atoms with Crippen LogP contribution in [0.1, 0.15) is 34.6 Å². The zero-order valence-corrected chi connectivity index (χ0v) is 10.1. The Balaban J connectivity index is 2.37. The molecule has 0 spiro atoms. The minimum Gasteiger partial charge on any atom is -0.481 e. The molecule has 2 amide bonds. The number of amides is 2. The Hall–Kier alpha value is -2.17. The van der Waals surface area contributed by atoms with E-state index in [9.17, 15) is 14.4 Å². The molecule has 1 aliphatic heterocycles. The molecule has 0 aliphatic carbocycles. The summed E-state index contributed by atoms with van der Waals surface area (Å²) in [5, 5.41) is 8.95. The van der Waals surface area contributed by atoms with Gasteiger partial charge in [-0.2, -0.15) is 0 Å². The lowest BCUT2D eigenvalue weighted by atomic mass is 10.0. The molecule has 1 heterocycles. The maximum absolute atomic E-state index is 12.1. The van der Waals surface area contributed by atoms with Gasteiger partial charge in [0.25, 0.3) is 11.8 Å². The molecule has 1 aromatic carbocycles. The third-order valence-electron chi connectivity index (χ3n) is 3.35. The second-order valence-corrected chi connectivity index (χ2v) is 4.39. The van der Waals surface area contributed by atoms with Gasteiger partial charge in [-0.15, -0.1) is 0 Å². The van der Waals surface area contributed by atoms with Crippen LogP contribution in [-0.4, -0.2) is 33.8 Å². The fraction of sp³-hybridized carbons (Fsp3) is 0.308. The van der Waals surface area contributed by atoms with Crippen LogP contribution in [0.15, 0.2) is 24.3 Å². The van der Waals surface area contributed by atoms with Gasteiger partial charge in [0.1, 0.15) is 0 Å². The summed E-state index contributed by atoms with van der Waals surface area (Å²) in [6.45, 7) is 3.05. The predicted octanol–water partition coefficient (Wildman–Crippen LogP) is 1.39. The normalized spacial score (nSPS) is 17.6. The molecule has 2 unspecified atom stereocenters. The van der Waals surface area contributed by atoms with Crippen LogP contribution in [0.2, 0.25) is 0 Å². The Morgan fingerprint density at radius 3 is 1.94 bits per heavy atom. The number of imide groups is 1. The second kappa shape index (κ2) is 4.25. The highest BCUT2D eigenvalue weighted by atomic mass is 16.4. The summed E-state index contributed by atoms with van der Waals surface area (Å²) >= 11 is 0. The van der Waals surface area contributed by atoms with E-state index < -0.39 is 29.7 Å². The number of carboxylic acids is 1. The van der Waals surface area contributed by atoms with Crippen LogP contribution in [0.4, 0.5) is 0 Å². The zero-order chi connectivity index (χ0) is 13.4. The maximum Gasteiger partial charge on any atom is 0.308 e. The van der Waals surface area contributed by atoms with Gasteiger partial charge >= 0.3 is 5.97 Å². The van der Waals surface area contributed by atoms with Crippen molar-refractivity contribution in [3.8, 4) is 0 Å². The minimum atomic E-state index is -1.03. The number of aliphatic carboxylic acids is 1. The van der Waals surface area contributed by atoms with Crippen molar-refractivity contribution in [1.29, 1.82) is 0 Å². The van der Waals surface area contributed by atoms with E-state index in [2.05, 4.69) is 0 Å². The highest BCUT2D eigenvalue weighted by Crippen LogP contribution is 2.26. The standard InChI is InChI=1S/C13H13NO4/c1-7(13(17)18)8(2)14-11(15)9-5-3-4-6-10(9)12(14)16/h3-8H,1-2H3,(H,17,18). The van der Waals surface area contributed by atoms with Gasteiger partial charge in [-0.25, -0.2) is 0 Å². The first-order valence-electron chi connectivity index (χ1n) is 5.65. The molecule has 2 rings (SSSR count). The summed E-state index contributed by atoms with van der Waals surface area (Å²) in [7, 11) is 0. The lowest BCUT2D eigenvalue weighted by Gasteiger charge is -2.25. The third kappa shape index (κ3) is 1.68. The molecule has 0 bridgehead atoms. The molecule has 0 saturated heterocycles. The number of rotatable bonds is 3. The van der Waals surface area contributed by atoms with E-state index in [0.717, 1.165) is 4.90 Å². The minimum absolute atomic E-state index is 0.340. The predicted molar refractivity (Wildman–Crippen MR) is 63.2 cm³/mol. The van der Waals surface area contributed by atoms with Crippen LogP contribution < -0.4 is 0 Å². The first-order chi connectivity index (χ1) is 8.45. The van der Waals surface area contributed by atoms with Crippen molar-refractivity contribution >= 4 is 17.8 Å². The number of carboxylic acid groups (broad SMARTS) is 1. The van der Waals surface area contributed by atoms with E-state index >= 15 is 0 Å². The second-order valence-electron chi connectivity index (χ2n) is 4.39. The van der Waals surface area contributed by atoms with Crippen LogP contribution in [0, 0.1) is 5.92 Å². The highest BCUT2D eigenvalue weighted by molar-refractivity contribution is 6.21. The van der Waals surface area contributed by atoms with Gasteiger partial charge in [-0.1, -0.05) is 12.1 Å². The van der Waals surface area contributed by atoms with E-state index in [4.69, 9.17) is 5.11 Å². The average molecular weight is 247 g/mol. The molecule has 0 fully saturated rings. The Labute approximate surface area is 104 Å². The van der Waals surface area contributed by atoms with Crippen LogP contribution in [-0.2, 0) is 4.79 Å². The fourth-order valence-electron chi connectivity index (χ4n) is 2.01. The van der Waals surface area contributed by atoms with Gasteiger partial charge in [0.05, 0.1) is 23.1 Å². The Morgan fingerprint density at radius 2 is 1.56 bits per heavy atom. The smallest absolute Gasteiger partial charge is 0.308 e. The first kappa shape index (κ1) is 12.3. The molecule has 0 radical (unpaired) electrons. The molecule has 2 atom stereocenters. The molecule has 0 aromatic heterocycles. The van der Waals surface area contributed by atoms with Crippen molar-refractivity contribution in [3.63, 3.8) is 0 Å². The van der Waals surface area contributed by atoms with Crippen LogP contribution in [0.5, 0.6) is 0 Å². The van der Waals surface area contributed by atoms with E-state index in [1.165, 1.54) is 6.92 Å². The van der Waals surface area contributed by atoms with Crippen molar-refractivity contribution in [2.45, 2.75) is 19.9 Å². The van der Waals surface area contributed by atoms with Gasteiger partial charge in [-0.3, -0.25) is 19.3 Å². The van der Waals surface area contributed by atoms with Crippen molar-refractivity contribution in [3.05, 3.63) is 35.4 Å². The summed E-state index contributed by atoms with van der Waals surface area (Å²) in [5.41, 5.74) is 0.680. The molecular formula is C13H13NO4. The lowest BCUT2D eigenvalue weighted by Crippen LogP contribution is -2.43. The number of nitrogens with zero attached hydrogens (tertiary/aromatic N) is 1. The van der Waals surface area contributed by atoms with Gasteiger partial charge < -0.3 is 5.11 Å². The topological polar surface area (TPSA) is 74.7 Å². The van der Waals surface area contributed by atoms with Crippen molar-refractivity contribution in [2.75, 3.05) is 0 Å². The number of hydrogen-bond donors (Lipinski definition) is 1. The molecule has 18 heavy (non-hydrogen) atoms. The summed E-state index contributed by atoms with van der Waals surface area (Å²) in [4.78, 5) is 36.1. The zero-order valence-electron chi connectivity index (χ0n) is 10.1. The van der Waals surface area contributed by atoms with Crippen LogP contribution in [0.3, 0.4) is 0 Å². The quantitative estimate of drug-likeness (QED) is 0.819. The molecular weight excluding hydrogens is 234 g/mol. The highest BCUT2D eigenvalue weighted by Gasteiger charge is 2.41. The maximum atomic E-state index is 12.1. The van der Waals surface area contributed by atoms with E-state index in [-0.39, 0.29) is 0 Å². The number of benzene rings is 1. The molecule has 5 nitrogen and oxygen atoms in total. The monoisotopic (exact) mass is 247 g/mol. The van der Waals surface area contributed by atoms with E-state index in [0.29, 0.717) is 11.1 Å². The number of carbonyl (C=O) groups excluding carboxylic acids is 2. The largest absolute Gasteiger partial charge is 0.481 e. The molecule has 1 N–H and O–H groups in total. The number of fused-ring (bicyclic) bond motifs is 1. The third-order valence-corrected chi connectivity index (χ3v) is 3.35. The van der Waals surface area contributed by atoms with E-state index in [1.807, 2.05) is 0 Å². The fourth-order valence-corrected chi connectivity index (χ4v) is 2.01. The van der Waals surface area contributed by atoms with Crippen molar-refractivity contribution in [2.24, 2.45) is 5.92 Å². The Bertz CT molecular complexity index is 503. The van der Waals surface area contributed by atoms with Crippen LogP contribution >= 0.6 is 0 Å². The Kier molecular flexibility index (Phi) is 2.90. The van der Waals surface area contributed by atoms with Crippen molar-refractivity contribution in [1.82, 2.24) is 4.90 Å². The first-order valence-corrected chi connectivity index (χ1v) is 5.65. The summed E-state index contributed by atoms with van der Waals surface area (Å²) < 4.78 is 0. The van der Waals surface area contributed by atoms with Crippen molar-refractivity contribution < 1.29 is 19.5 Å². The molecule has 1 aromatic rings. The lowest BCUT2D eigenvalue weighted by molar-refractivity contribution is -0.142. The summed E-state index contributed by atoms with van der Waals surface area (Å²) in [5.74, 6) is -2.67. The van der Waals surface area contributed by atoms with Gasteiger partial charge in [0, 0.05) is 0 Å². The molecule has 5 heteroatoms. The molecule has 0 saturated carbocycles. The molecule has 94 valence electrons. The number of carbonyl (C=O) groups is 3. The van der Waals surface area contributed by atoms with Gasteiger partial charge in [0.2, 0.25) is 0 Å². The SMILES string of the molecule is CC(C(=O)O)C(C)N1C(=O)c2ccccc2C1=O. The number of hydrogen-bond acceptors (Lipinski definition) is 3. The summed E-state index contributed by atoms with van der Waals surface area (Å²) in [6, 6.07) is 5.84. The molecule has 1 aliphatic rings. The Morgan fingerprint density at radius 1 is 1.11 bits per heavy atom. The van der Waals surface area contributed by atoms with Gasteiger partial charge in [0.15, 0.2) is 0 Å².